The van der Waals surface area contributed by atoms with Crippen molar-refractivity contribution >= 4 is 17.1 Å². The number of hydrogen-bond acceptors (Lipinski definition) is 3. The van der Waals surface area contributed by atoms with Crippen molar-refractivity contribution in [3.05, 3.63) is 90.0 Å². The summed E-state index contributed by atoms with van der Waals surface area (Å²) in [6.45, 7) is 7.95. The molecule has 4 heteroatoms. The molecule has 1 radical (unpaired) electrons. The summed E-state index contributed by atoms with van der Waals surface area (Å²) in [5.41, 5.74) is 2.58. The molecule has 0 bridgehead atoms. The fourth-order valence-corrected chi connectivity index (χ4v) is 3.72. The van der Waals surface area contributed by atoms with E-state index in [0.717, 1.165) is 33.3 Å². The van der Waals surface area contributed by atoms with Crippen molar-refractivity contribution in [1.29, 1.82) is 0 Å². The summed E-state index contributed by atoms with van der Waals surface area (Å²) in [6.07, 6.45) is 0. The van der Waals surface area contributed by atoms with E-state index >= 15 is 0 Å². The summed E-state index contributed by atoms with van der Waals surface area (Å²) in [6, 6.07) is 25.2. The zero-order valence-electron chi connectivity index (χ0n) is 17.2. The first-order valence-electron chi connectivity index (χ1n) is 9.79. The molecule has 0 spiro atoms. The summed E-state index contributed by atoms with van der Waals surface area (Å²) in [7, 11) is 0. The Morgan fingerprint density at radius 2 is 1.52 bits per heavy atom. The molecule has 147 valence electrons. The van der Waals surface area contributed by atoms with Crippen molar-refractivity contribution in [2.45, 2.75) is 38.8 Å². The van der Waals surface area contributed by atoms with Gasteiger partial charge in [0.2, 0.25) is 0 Å². The number of ether oxygens (including phenoxy) is 1. The van der Waals surface area contributed by atoms with Gasteiger partial charge in [0.05, 0.1) is 17.1 Å². The molecule has 0 fully saturated rings. The molecule has 29 heavy (non-hydrogen) atoms. The van der Waals surface area contributed by atoms with Gasteiger partial charge in [-0.1, -0.05) is 53.7 Å². The Labute approximate surface area is 172 Å². The molecule has 0 saturated heterocycles. The highest BCUT2D eigenvalue weighted by Gasteiger charge is 2.48. The maximum atomic E-state index is 13.5. The zero-order chi connectivity index (χ0) is 20.6. The number of anilines is 1. The van der Waals surface area contributed by atoms with Gasteiger partial charge in [-0.25, -0.2) is 10.1 Å². The standard InChI is InChI=1S/C25H25N2O2/c1-24(2,3)29-20-15-16-22-21(17-20)23(26-19-13-9-6-10-14-19)25(4,27(22)28)18-11-7-5-8-12-18/h5-17H,1-4H3. The second-order valence-corrected chi connectivity index (χ2v) is 8.42. The minimum Gasteiger partial charge on any atom is -0.488 e. The monoisotopic (exact) mass is 385 g/mol. The summed E-state index contributed by atoms with van der Waals surface area (Å²) < 4.78 is 6.06. The summed E-state index contributed by atoms with van der Waals surface area (Å²) in [5, 5.41) is 14.6. The zero-order valence-corrected chi connectivity index (χ0v) is 17.2. The topological polar surface area (TPSA) is 44.7 Å². The summed E-state index contributed by atoms with van der Waals surface area (Å²) >= 11 is 0. The van der Waals surface area contributed by atoms with E-state index in [2.05, 4.69) is 0 Å². The van der Waals surface area contributed by atoms with E-state index in [0.29, 0.717) is 5.69 Å². The fourth-order valence-electron chi connectivity index (χ4n) is 3.72. The fraction of sp³-hybridized carbons (Fsp3) is 0.240. The third-order valence-electron chi connectivity index (χ3n) is 5.07. The van der Waals surface area contributed by atoms with Crippen LogP contribution in [0.1, 0.15) is 38.8 Å². The molecule has 0 N–H and O–H groups in total. The molecular weight excluding hydrogens is 360 g/mol. The molecule has 3 aromatic carbocycles. The number of rotatable bonds is 3. The summed E-state index contributed by atoms with van der Waals surface area (Å²) in [5.74, 6) is 0.725. The van der Waals surface area contributed by atoms with Crippen LogP contribution in [0.4, 0.5) is 11.4 Å². The van der Waals surface area contributed by atoms with E-state index < -0.39 is 5.54 Å². The molecule has 4 nitrogen and oxygen atoms in total. The first kappa shape index (κ1) is 19.2. The van der Waals surface area contributed by atoms with Gasteiger partial charge in [0, 0.05) is 5.56 Å². The number of hydroxylamine groups is 1. The molecule has 0 aliphatic carbocycles. The predicted octanol–water partition coefficient (Wildman–Crippen LogP) is 6.07. The predicted molar refractivity (Wildman–Crippen MR) is 116 cm³/mol. The average Bonchev–Trinajstić information content (AvgIpc) is 2.91. The van der Waals surface area contributed by atoms with Gasteiger partial charge in [0.1, 0.15) is 16.9 Å². The molecule has 1 atom stereocenters. The Kier molecular flexibility index (Phi) is 4.67. The van der Waals surface area contributed by atoms with E-state index in [1.807, 2.05) is 107 Å². The SMILES string of the molecule is CC(C)(C)Oc1ccc2c(c1)C(=Nc1ccccc1)C(C)(c1ccccc1)N2[O]. The Morgan fingerprint density at radius 3 is 2.14 bits per heavy atom. The number of benzene rings is 3. The first-order valence-corrected chi connectivity index (χ1v) is 9.79. The van der Waals surface area contributed by atoms with Gasteiger partial charge in [-0.15, -0.1) is 0 Å². The van der Waals surface area contributed by atoms with Crippen molar-refractivity contribution in [3.8, 4) is 5.75 Å². The van der Waals surface area contributed by atoms with Crippen LogP contribution in [-0.2, 0) is 10.7 Å². The molecule has 4 rings (SSSR count). The normalized spacial score (nSPS) is 20.0. The highest BCUT2D eigenvalue weighted by atomic mass is 16.5. The van der Waals surface area contributed by atoms with Gasteiger partial charge in [-0.05, 0) is 63.6 Å². The minimum atomic E-state index is -0.931. The molecule has 1 aliphatic heterocycles. The van der Waals surface area contributed by atoms with E-state index in [1.165, 1.54) is 0 Å². The highest BCUT2D eigenvalue weighted by molar-refractivity contribution is 6.17. The van der Waals surface area contributed by atoms with Gasteiger partial charge in [-0.2, -0.15) is 0 Å². The molecule has 0 amide bonds. The first-order chi connectivity index (χ1) is 13.8. The van der Waals surface area contributed by atoms with Crippen molar-refractivity contribution in [1.82, 2.24) is 0 Å². The number of para-hydroxylation sites is 1. The lowest BCUT2D eigenvalue weighted by Gasteiger charge is -2.31. The molecule has 1 aliphatic rings. The molecule has 1 unspecified atom stereocenters. The maximum Gasteiger partial charge on any atom is 0.135 e. The third kappa shape index (κ3) is 3.52. The van der Waals surface area contributed by atoms with Crippen LogP contribution in [0.3, 0.4) is 0 Å². The van der Waals surface area contributed by atoms with E-state index in [1.54, 1.807) is 0 Å². The average molecular weight is 385 g/mol. The van der Waals surface area contributed by atoms with Gasteiger partial charge in [0.25, 0.3) is 0 Å². The summed E-state index contributed by atoms with van der Waals surface area (Å²) in [4.78, 5) is 4.94. The molecule has 0 saturated carbocycles. The Hall–Kier alpha value is -3.11. The van der Waals surface area contributed by atoms with Crippen LogP contribution in [0.25, 0.3) is 0 Å². The lowest BCUT2D eigenvalue weighted by molar-refractivity contribution is 0.118. The molecule has 3 aromatic rings. The quantitative estimate of drug-likeness (QED) is 0.549. The smallest absolute Gasteiger partial charge is 0.135 e. The van der Waals surface area contributed by atoms with Gasteiger partial charge in [-0.3, -0.25) is 0 Å². The number of nitrogens with zero attached hydrogens (tertiary/aromatic N) is 2. The second kappa shape index (κ2) is 7.05. The maximum absolute atomic E-state index is 13.5. The Bertz CT molecular complexity index is 1040. The van der Waals surface area contributed by atoms with Crippen molar-refractivity contribution in [2.24, 2.45) is 4.99 Å². The van der Waals surface area contributed by atoms with Crippen LogP contribution in [0.5, 0.6) is 5.75 Å². The number of aliphatic imine (C=N–C) groups is 1. The van der Waals surface area contributed by atoms with Crippen molar-refractivity contribution in [2.75, 3.05) is 5.06 Å². The van der Waals surface area contributed by atoms with Gasteiger partial charge in [0.15, 0.2) is 0 Å². The van der Waals surface area contributed by atoms with Crippen molar-refractivity contribution in [3.63, 3.8) is 0 Å². The van der Waals surface area contributed by atoms with Crippen LogP contribution >= 0.6 is 0 Å². The van der Waals surface area contributed by atoms with Crippen LogP contribution in [0, 0.1) is 0 Å². The Morgan fingerprint density at radius 1 is 0.897 bits per heavy atom. The number of fused-ring (bicyclic) bond motifs is 1. The molecule has 0 aromatic heterocycles. The van der Waals surface area contributed by atoms with E-state index in [9.17, 15) is 5.21 Å². The molecule has 1 heterocycles. The molecular formula is C25H25N2O2. The lowest BCUT2D eigenvalue weighted by atomic mass is 9.86. The van der Waals surface area contributed by atoms with E-state index in [4.69, 9.17) is 9.73 Å². The van der Waals surface area contributed by atoms with Crippen LogP contribution < -0.4 is 9.80 Å². The van der Waals surface area contributed by atoms with Gasteiger partial charge >= 0.3 is 0 Å². The second-order valence-electron chi connectivity index (χ2n) is 8.42. The number of hydrogen-bond donors (Lipinski definition) is 0. The largest absolute Gasteiger partial charge is 0.488 e. The van der Waals surface area contributed by atoms with Crippen LogP contribution in [-0.4, -0.2) is 11.3 Å². The van der Waals surface area contributed by atoms with Gasteiger partial charge < -0.3 is 4.74 Å². The lowest BCUT2D eigenvalue weighted by Crippen LogP contribution is -2.42. The van der Waals surface area contributed by atoms with Crippen LogP contribution in [0.2, 0.25) is 0 Å². The van der Waals surface area contributed by atoms with E-state index in [-0.39, 0.29) is 5.60 Å². The Balaban J connectivity index is 1.92. The van der Waals surface area contributed by atoms with Crippen LogP contribution in [0.15, 0.2) is 83.9 Å². The minimum absolute atomic E-state index is 0.330. The van der Waals surface area contributed by atoms with Crippen molar-refractivity contribution < 1.29 is 9.94 Å². The third-order valence-corrected chi connectivity index (χ3v) is 5.07. The highest BCUT2D eigenvalue weighted by Crippen LogP contribution is 2.46.